The molecule has 0 spiro atoms. The quantitative estimate of drug-likeness (QED) is 0.185. The van der Waals surface area contributed by atoms with Crippen molar-refractivity contribution in [1.82, 2.24) is 0 Å². The van der Waals surface area contributed by atoms with Crippen molar-refractivity contribution < 1.29 is 39.2 Å². The van der Waals surface area contributed by atoms with E-state index in [4.69, 9.17) is 9.47 Å². The molecule has 0 bridgehead atoms. The van der Waals surface area contributed by atoms with Crippen molar-refractivity contribution in [3.05, 3.63) is 11.6 Å². The molecule has 1 aliphatic heterocycles. The minimum atomic E-state index is -1.32. The molecule has 0 aromatic heterocycles. The van der Waals surface area contributed by atoms with Crippen LogP contribution in [0.3, 0.4) is 0 Å². The zero-order valence-electron chi connectivity index (χ0n) is 27.6. The molecule has 0 amide bonds. The summed E-state index contributed by atoms with van der Waals surface area (Å²) in [6.45, 7) is 13.9. The highest BCUT2D eigenvalue weighted by atomic mass is 16.7. The third-order valence-electron chi connectivity index (χ3n) is 14.9. The first kappa shape index (κ1) is 32.2. The zero-order chi connectivity index (χ0) is 32.1. The number of hydrogen-bond donors (Lipinski definition) is 3. The van der Waals surface area contributed by atoms with E-state index in [1.54, 1.807) is 0 Å². The first-order valence-corrected chi connectivity index (χ1v) is 17.1. The summed E-state index contributed by atoms with van der Waals surface area (Å²) in [6, 6.07) is 0. The van der Waals surface area contributed by atoms with Gasteiger partial charge in [-0.25, -0.2) is 4.79 Å². The summed E-state index contributed by atoms with van der Waals surface area (Å²) >= 11 is 0. The van der Waals surface area contributed by atoms with Crippen LogP contribution >= 0.6 is 0 Å². The van der Waals surface area contributed by atoms with Crippen LogP contribution in [-0.4, -0.2) is 58.1 Å². The lowest BCUT2D eigenvalue weighted by molar-refractivity contribution is -0.275. The van der Waals surface area contributed by atoms with Crippen LogP contribution in [-0.2, 0) is 23.9 Å². The van der Waals surface area contributed by atoms with Crippen LogP contribution < -0.4 is 0 Å². The van der Waals surface area contributed by atoms with Gasteiger partial charge >= 0.3 is 11.9 Å². The van der Waals surface area contributed by atoms with Gasteiger partial charge in [-0.3, -0.25) is 4.79 Å². The number of carbonyl (C=O) groups is 3. The number of aliphatic hydroxyl groups excluding tert-OH is 1. The maximum atomic E-state index is 13.1. The Kier molecular flexibility index (Phi) is 7.58. The molecule has 44 heavy (non-hydrogen) atoms. The number of aldehydes is 1. The van der Waals surface area contributed by atoms with Gasteiger partial charge in [0.1, 0.15) is 6.29 Å². The van der Waals surface area contributed by atoms with Crippen molar-refractivity contribution in [3.8, 4) is 0 Å². The molecule has 3 N–H and O–H groups in total. The molecule has 6 aliphatic rings. The number of aliphatic carboxylic acids is 2. The third kappa shape index (κ3) is 4.36. The number of rotatable bonds is 5. The summed E-state index contributed by atoms with van der Waals surface area (Å²) in [6.07, 6.45) is 9.28. The zero-order valence-corrected chi connectivity index (χ0v) is 27.6. The van der Waals surface area contributed by atoms with E-state index in [0.29, 0.717) is 18.8 Å². The highest BCUT2D eigenvalue weighted by Crippen LogP contribution is 2.75. The van der Waals surface area contributed by atoms with Crippen molar-refractivity contribution in [2.24, 2.45) is 50.2 Å². The first-order chi connectivity index (χ1) is 20.5. The topological polar surface area (TPSA) is 130 Å². The Morgan fingerprint density at radius 2 is 1.61 bits per heavy atom. The van der Waals surface area contributed by atoms with E-state index in [1.165, 1.54) is 5.57 Å². The molecular formula is C36H54O8. The molecule has 1 heterocycles. The Morgan fingerprint density at radius 3 is 2.27 bits per heavy atom. The van der Waals surface area contributed by atoms with Gasteiger partial charge in [-0.2, -0.15) is 0 Å². The monoisotopic (exact) mass is 614 g/mol. The maximum Gasteiger partial charge on any atom is 0.335 e. The van der Waals surface area contributed by atoms with Gasteiger partial charge in [0, 0.05) is 6.42 Å². The summed E-state index contributed by atoms with van der Waals surface area (Å²) in [7, 11) is 0. The largest absolute Gasteiger partial charge is 0.481 e. The maximum absolute atomic E-state index is 13.1. The number of aliphatic hydroxyl groups is 1. The molecule has 246 valence electrons. The SMILES string of the molecule is CC1(C)CC[C@]2(C(=O)O)CC[C@]3(C)C(=CC[C@@H]4[C@@]5(C)CC[C@H](O[C@H]6CCC(O)C(C(=O)O)O6)[C@@](C)(C=O)C5CC[C@]43C)C2C1. The predicted molar refractivity (Wildman–Crippen MR) is 163 cm³/mol. The lowest BCUT2D eigenvalue weighted by Gasteiger charge is -2.71. The minimum Gasteiger partial charge on any atom is -0.481 e. The van der Waals surface area contributed by atoms with E-state index in [0.717, 1.165) is 64.1 Å². The molecule has 0 aromatic rings. The average molecular weight is 615 g/mol. The van der Waals surface area contributed by atoms with Gasteiger partial charge in [0.15, 0.2) is 12.4 Å². The number of carbonyl (C=O) groups excluding carboxylic acids is 1. The number of carboxylic acids is 2. The second-order valence-corrected chi connectivity index (χ2v) is 17.3. The van der Waals surface area contributed by atoms with Crippen molar-refractivity contribution >= 4 is 18.2 Å². The number of allylic oxidation sites excluding steroid dienone is 2. The van der Waals surface area contributed by atoms with Crippen LogP contribution in [0.15, 0.2) is 11.6 Å². The van der Waals surface area contributed by atoms with E-state index >= 15 is 0 Å². The number of carboxylic acid groups (broad SMARTS) is 2. The molecule has 1 saturated heterocycles. The molecule has 0 aromatic carbocycles. The Hall–Kier alpha value is -1.77. The summed E-state index contributed by atoms with van der Waals surface area (Å²) < 4.78 is 12.1. The summed E-state index contributed by atoms with van der Waals surface area (Å²) in [4.78, 5) is 37.6. The fourth-order valence-corrected chi connectivity index (χ4v) is 12.0. The Labute approximate surface area is 262 Å². The Balaban J connectivity index is 1.30. The van der Waals surface area contributed by atoms with Crippen molar-refractivity contribution in [1.29, 1.82) is 0 Å². The van der Waals surface area contributed by atoms with Gasteiger partial charge < -0.3 is 29.6 Å². The first-order valence-electron chi connectivity index (χ1n) is 17.1. The second kappa shape index (κ2) is 10.4. The molecule has 4 saturated carbocycles. The van der Waals surface area contributed by atoms with Gasteiger partial charge in [0.25, 0.3) is 0 Å². The van der Waals surface area contributed by atoms with Crippen molar-refractivity contribution in [3.63, 3.8) is 0 Å². The molecule has 8 nitrogen and oxygen atoms in total. The van der Waals surface area contributed by atoms with Crippen molar-refractivity contribution in [2.75, 3.05) is 0 Å². The molecule has 12 atom stereocenters. The number of fused-ring (bicyclic) bond motifs is 7. The molecule has 5 fully saturated rings. The minimum absolute atomic E-state index is 0.0105. The van der Waals surface area contributed by atoms with Gasteiger partial charge in [0.05, 0.1) is 23.0 Å². The fraction of sp³-hybridized carbons (Fsp3) is 0.861. The average Bonchev–Trinajstić information content (AvgIpc) is 2.95. The lowest BCUT2D eigenvalue weighted by Crippen LogP contribution is -2.66. The number of ether oxygens (including phenoxy) is 2. The van der Waals surface area contributed by atoms with Crippen LogP contribution in [0.4, 0.5) is 0 Å². The fourth-order valence-electron chi connectivity index (χ4n) is 12.0. The molecule has 5 aliphatic carbocycles. The van der Waals surface area contributed by atoms with E-state index in [2.05, 4.69) is 40.7 Å². The third-order valence-corrected chi connectivity index (χ3v) is 14.9. The standard InChI is InChI=1S/C36H54O8/c1-31(2)15-17-36(30(41)42)18-16-34(5)21(22(36)19-31)7-9-25-32(3)13-12-26(33(4,20-37)24(32)11-14-35(25,34)6)43-27-10-8-23(38)28(44-27)29(39)40/h7,20,22-28,38H,8-19H2,1-6H3,(H,39,40)(H,41,42)/t22?,23?,24?,25-,26+,27-,28?,32+,33+,34-,35-,36+/m1/s1. The van der Waals surface area contributed by atoms with Gasteiger partial charge in [-0.05, 0) is 110 Å². The van der Waals surface area contributed by atoms with Crippen LogP contribution in [0.1, 0.15) is 119 Å². The Bertz CT molecular complexity index is 1240. The van der Waals surface area contributed by atoms with Crippen LogP contribution in [0, 0.1) is 50.2 Å². The molecule has 0 radical (unpaired) electrons. The highest BCUT2D eigenvalue weighted by molar-refractivity contribution is 5.76. The second-order valence-electron chi connectivity index (χ2n) is 17.3. The molecule has 6 rings (SSSR count). The molecule has 8 heteroatoms. The predicted octanol–water partition coefficient (Wildman–Crippen LogP) is 6.39. The molecular weight excluding hydrogens is 560 g/mol. The normalized spacial score (nSPS) is 51.4. The van der Waals surface area contributed by atoms with E-state index in [1.807, 2.05) is 6.92 Å². The highest BCUT2D eigenvalue weighted by Gasteiger charge is 2.70. The number of hydrogen-bond acceptors (Lipinski definition) is 6. The Morgan fingerprint density at radius 1 is 0.909 bits per heavy atom. The van der Waals surface area contributed by atoms with Gasteiger partial charge in [-0.1, -0.05) is 53.2 Å². The van der Waals surface area contributed by atoms with Crippen molar-refractivity contribution in [2.45, 2.75) is 143 Å². The van der Waals surface area contributed by atoms with Crippen LogP contribution in [0.25, 0.3) is 0 Å². The summed E-state index contributed by atoms with van der Waals surface area (Å²) in [5, 5.41) is 30.2. The van der Waals surface area contributed by atoms with Crippen LogP contribution in [0.2, 0.25) is 0 Å². The van der Waals surface area contributed by atoms with Gasteiger partial charge in [-0.15, -0.1) is 0 Å². The van der Waals surface area contributed by atoms with E-state index < -0.39 is 47.4 Å². The summed E-state index contributed by atoms with van der Waals surface area (Å²) in [5.74, 6) is -1.30. The van der Waals surface area contributed by atoms with E-state index in [9.17, 15) is 29.7 Å². The summed E-state index contributed by atoms with van der Waals surface area (Å²) in [5.41, 5.74) is -0.0897. The van der Waals surface area contributed by atoms with Gasteiger partial charge in [0.2, 0.25) is 0 Å². The smallest absolute Gasteiger partial charge is 0.335 e. The van der Waals surface area contributed by atoms with E-state index in [-0.39, 0.29) is 39.9 Å². The van der Waals surface area contributed by atoms with Crippen LogP contribution in [0.5, 0.6) is 0 Å². The lowest BCUT2D eigenvalue weighted by atomic mass is 9.33. The molecule has 4 unspecified atom stereocenters.